The van der Waals surface area contributed by atoms with Crippen LogP contribution in [0.25, 0.3) is 10.1 Å². The maximum Gasteiger partial charge on any atom is 0.0670 e. The number of thiol groups is 1. The van der Waals surface area contributed by atoms with Gasteiger partial charge in [-0.05, 0) is 35.6 Å². The minimum Gasteiger partial charge on any atom is -0.198 e. The standard InChI is InChI=1S/C11H9NS2/c1-7-4-9(13)11-8(2-3-12)6-14-10(11)5-7/h4-6,13H,2H2,1H3. The Hall–Kier alpha value is -0.980. The van der Waals surface area contributed by atoms with Crippen molar-refractivity contribution in [1.82, 2.24) is 0 Å². The summed E-state index contributed by atoms with van der Waals surface area (Å²) in [5, 5.41) is 11.9. The zero-order chi connectivity index (χ0) is 10.1. The van der Waals surface area contributed by atoms with Crippen LogP contribution in [-0.4, -0.2) is 0 Å². The lowest BCUT2D eigenvalue weighted by molar-refractivity contribution is 1.29. The minimum atomic E-state index is 0.469. The molecule has 0 fully saturated rings. The molecule has 1 heterocycles. The first kappa shape index (κ1) is 9.57. The van der Waals surface area contributed by atoms with Crippen molar-refractivity contribution >= 4 is 34.1 Å². The smallest absolute Gasteiger partial charge is 0.0670 e. The second-order valence-corrected chi connectivity index (χ2v) is 4.65. The lowest BCUT2D eigenvalue weighted by Crippen LogP contribution is -1.80. The van der Waals surface area contributed by atoms with Crippen molar-refractivity contribution in [2.75, 3.05) is 0 Å². The van der Waals surface area contributed by atoms with Gasteiger partial charge in [-0.25, -0.2) is 0 Å². The van der Waals surface area contributed by atoms with Crippen LogP contribution in [0.5, 0.6) is 0 Å². The van der Waals surface area contributed by atoms with Crippen LogP contribution >= 0.6 is 24.0 Å². The monoisotopic (exact) mass is 219 g/mol. The normalized spacial score (nSPS) is 10.4. The Kier molecular flexibility index (Phi) is 2.49. The summed E-state index contributed by atoms with van der Waals surface area (Å²) in [7, 11) is 0. The molecule has 1 aromatic heterocycles. The molecule has 2 aromatic rings. The van der Waals surface area contributed by atoms with E-state index in [0.717, 1.165) is 15.8 Å². The molecule has 0 amide bonds. The van der Waals surface area contributed by atoms with Gasteiger partial charge in [-0.1, -0.05) is 0 Å². The summed E-state index contributed by atoms with van der Waals surface area (Å²) < 4.78 is 1.22. The van der Waals surface area contributed by atoms with E-state index in [1.807, 2.05) is 11.4 Å². The summed E-state index contributed by atoms with van der Waals surface area (Å²) in [6.45, 7) is 2.06. The number of fused-ring (bicyclic) bond motifs is 1. The summed E-state index contributed by atoms with van der Waals surface area (Å²) in [5.41, 5.74) is 2.31. The van der Waals surface area contributed by atoms with Gasteiger partial charge in [0.2, 0.25) is 0 Å². The lowest BCUT2D eigenvalue weighted by Gasteiger charge is -1.99. The van der Waals surface area contributed by atoms with Crippen LogP contribution in [0.1, 0.15) is 11.1 Å². The fraction of sp³-hybridized carbons (Fsp3) is 0.182. The predicted octanol–water partition coefficient (Wildman–Crippen LogP) is 3.56. The molecule has 2 rings (SSSR count). The molecule has 14 heavy (non-hydrogen) atoms. The Bertz CT molecular complexity index is 520. The van der Waals surface area contributed by atoms with Crippen molar-refractivity contribution in [3.63, 3.8) is 0 Å². The maximum atomic E-state index is 8.67. The highest BCUT2D eigenvalue weighted by Gasteiger charge is 2.07. The van der Waals surface area contributed by atoms with Crippen molar-refractivity contribution in [2.24, 2.45) is 0 Å². The van der Waals surface area contributed by atoms with Gasteiger partial charge < -0.3 is 0 Å². The Morgan fingerprint density at radius 2 is 2.29 bits per heavy atom. The third kappa shape index (κ3) is 1.52. The molecule has 0 aliphatic rings. The van der Waals surface area contributed by atoms with E-state index in [1.165, 1.54) is 10.3 Å². The summed E-state index contributed by atoms with van der Waals surface area (Å²) >= 11 is 6.13. The molecule has 0 aliphatic heterocycles. The molecule has 0 atom stereocenters. The Balaban J connectivity index is 2.74. The highest BCUT2D eigenvalue weighted by Crippen LogP contribution is 2.32. The second-order valence-electron chi connectivity index (χ2n) is 3.25. The van der Waals surface area contributed by atoms with E-state index in [1.54, 1.807) is 11.3 Å². The number of aryl methyl sites for hydroxylation is 1. The first-order valence-electron chi connectivity index (χ1n) is 4.29. The average Bonchev–Trinajstić information content (AvgIpc) is 2.49. The summed E-state index contributed by atoms with van der Waals surface area (Å²) in [6.07, 6.45) is 0.469. The molecule has 3 heteroatoms. The van der Waals surface area contributed by atoms with Gasteiger partial charge >= 0.3 is 0 Å². The van der Waals surface area contributed by atoms with E-state index < -0.39 is 0 Å². The van der Waals surface area contributed by atoms with E-state index in [9.17, 15) is 0 Å². The summed E-state index contributed by atoms with van der Waals surface area (Å²) in [5.74, 6) is 0. The van der Waals surface area contributed by atoms with Gasteiger partial charge in [0, 0.05) is 15.0 Å². The highest BCUT2D eigenvalue weighted by molar-refractivity contribution is 7.80. The molecule has 0 radical (unpaired) electrons. The average molecular weight is 219 g/mol. The molecule has 0 saturated heterocycles. The maximum absolute atomic E-state index is 8.67. The van der Waals surface area contributed by atoms with E-state index >= 15 is 0 Å². The zero-order valence-electron chi connectivity index (χ0n) is 7.74. The SMILES string of the molecule is Cc1cc(S)c2c(CC#N)csc2c1. The highest BCUT2D eigenvalue weighted by atomic mass is 32.1. The van der Waals surface area contributed by atoms with Gasteiger partial charge in [0.15, 0.2) is 0 Å². The third-order valence-corrected chi connectivity index (χ3v) is 3.48. The number of rotatable bonds is 1. The predicted molar refractivity (Wildman–Crippen MR) is 63.1 cm³/mol. The summed E-state index contributed by atoms with van der Waals surface area (Å²) in [4.78, 5) is 0.978. The van der Waals surface area contributed by atoms with E-state index in [0.29, 0.717) is 6.42 Å². The summed E-state index contributed by atoms with van der Waals surface area (Å²) in [6, 6.07) is 6.36. The fourth-order valence-corrected chi connectivity index (χ4v) is 3.19. The molecule has 70 valence electrons. The van der Waals surface area contributed by atoms with Crippen molar-refractivity contribution in [3.05, 3.63) is 28.6 Å². The topological polar surface area (TPSA) is 23.8 Å². The molecule has 1 nitrogen and oxygen atoms in total. The van der Waals surface area contributed by atoms with Gasteiger partial charge in [0.1, 0.15) is 0 Å². The van der Waals surface area contributed by atoms with Gasteiger partial charge in [-0.3, -0.25) is 0 Å². The molecule has 0 bridgehead atoms. The van der Waals surface area contributed by atoms with E-state index in [4.69, 9.17) is 5.26 Å². The number of hydrogen-bond donors (Lipinski definition) is 1. The number of benzene rings is 1. The molecule has 0 saturated carbocycles. The van der Waals surface area contributed by atoms with Crippen LogP contribution < -0.4 is 0 Å². The van der Waals surface area contributed by atoms with Crippen LogP contribution in [-0.2, 0) is 6.42 Å². The molecule has 0 unspecified atom stereocenters. The largest absolute Gasteiger partial charge is 0.198 e. The first-order chi connectivity index (χ1) is 6.72. The fourth-order valence-electron chi connectivity index (χ4n) is 1.56. The van der Waals surface area contributed by atoms with Gasteiger partial charge in [-0.2, -0.15) is 5.26 Å². The first-order valence-corrected chi connectivity index (χ1v) is 5.61. The van der Waals surface area contributed by atoms with Crippen LogP contribution in [0.4, 0.5) is 0 Å². The minimum absolute atomic E-state index is 0.469. The molecular formula is C11H9NS2. The quantitative estimate of drug-likeness (QED) is 0.728. The molecular weight excluding hydrogens is 210 g/mol. The van der Waals surface area contributed by atoms with Crippen LogP contribution in [0, 0.1) is 18.3 Å². The number of hydrogen-bond acceptors (Lipinski definition) is 3. The van der Waals surface area contributed by atoms with Crippen LogP contribution in [0.2, 0.25) is 0 Å². The van der Waals surface area contributed by atoms with Crippen molar-refractivity contribution in [1.29, 1.82) is 5.26 Å². The number of nitrogens with zero attached hydrogens (tertiary/aromatic N) is 1. The van der Waals surface area contributed by atoms with Gasteiger partial charge in [0.05, 0.1) is 12.5 Å². The van der Waals surface area contributed by atoms with Crippen molar-refractivity contribution < 1.29 is 0 Å². The Labute approximate surface area is 92.4 Å². The Morgan fingerprint density at radius 3 is 3.00 bits per heavy atom. The van der Waals surface area contributed by atoms with E-state index in [2.05, 4.69) is 31.7 Å². The van der Waals surface area contributed by atoms with Gasteiger partial charge in [-0.15, -0.1) is 24.0 Å². The van der Waals surface area contributed by atoms with E-state index in [-0.39, 0.29) is 0 Å². The van der Waals surface area contributed by atoms with Crippen molar-refractivity contribution in [2.45, 2.75) is 18.2 Å². The van der Waals surface area contributed by atoms with Crippen LogP contribution in [0.15, 0.2) is 22.4 Å². The molecule has 1 aromatic carbocycles. The number of nitriles is 1. The molecule has 0 spiro atoms. The van der Waals surface area contributed by atoms with Gasteiger partial charge in [0.25, 0.3) is 0 Å². The molecule has 0 N–H and O–H groups in total. The molecule has 0 aliphatic carbocycles. The Morgan fingerprint density at radius 1 is 1.50 bits per heavy atom. The lowest BCUT2D eigenvalue weighted by atomic mass is 10.1. The second kappa shape index (κ2) is 3.64. The number of thiophene rings is 1. The van der Waals surface area contributed by atoms with Crippen molar-refractivity contribution in [3.8, 4) is 6.07 Å². The van der Waals surface area contributed by atoms with Crippen LogP contribution in [0.3, 0.4) is 0 Å². The zero-order valence-corrected chi connectivity index (χ0v) is 9.45. The third-order valence-electron chi connectivity index (χ3n) is 2.14.